The van der Waals surface area contributed by atoms with Crippen LogP contribution in [0.3, 0.4) is 0 Å². The van der Waals surface area contributed by atoms with Crippen molar-refractivity contribution in [3.8, 4) is 16.9 Å². The van der Waals surface area contributed by atoms with Gasteiger partial charge in [-0.1, -0.05) is 47.5 Å². The van der Waals surface area contributed by atoms with E-state index in [1.54, 1.807) is 18.2 Å². The van der Waals surface area contributed by atoms with E-state index in [0.717, 1.165) is 11.1 Å². The molecule has 0 saturated heterocycles. The van der Waals surface area contributed by atoms with Crippen molar-refractivity contribution in [1.82, 2.24) is 0 Å². The fourth-order valence-corrected chi connectivity index (χ4v) is 3.14. The van der Waals surface area contributed by atoms with Crippen LogP contribution in [-0.4, -0.2) is 17.2 Å². The van der Waals surface area contributed by atoms with Gasteiger partial charge in [0.15, 0.2) is 6.10 Å². The maximum absolute atomic E-state index is 11.2. The second-order valence-corrected chi connectivity index (χ2v) is 5.69. The largest absolute Gasteiger partial charge is 0.479 e. The third-order valence-corrected chi connectivity index (χ3v) is 4.17. The number of carboxylic acid groups (broad SMARTS) is 1. The molecule has 2 aromatic carbocycles. The minimum Gasteiger partial charge on any atom is -0.479 e. The summed E-state index contributed by atoms with van der Waals surface area (Å²) >= 11 is 12.5. The van der Waals surface area contributed by atoms with E-state index in [2.05, 4.69) is 13.2 Å². The zero-order chi connectivity index (χ0) is 17.0. The standard InChI is InChI=1S/C16H12Cl2O3.C2H4/c17-11-5-2-6-12(18)14(11)10-4-1-3-9-7-8-13(16(19)20)21-15(9)10;1-2/h1-6,13H,7-8H2,(H,19,20);1-2H2. The molecule has 0 fully saturated rings. The second-order valence-electron chi connectivity index (χ2n) is 4.87. The fraction of sp³-hybridized carbons (Fsp3) is 0.167. The molecule has 0 bridgehead atoms. The van der Waals surface area contributed by atoms with Gasteiger partial charge in [-0.3, -0.25) is 0 Å². The van der Waals surface area contributed by atoms with Crippen molar-refractivity contribution in [2.45, 2.75) is 18.9 Å². The molecule has 0 aliphatic carbocycles. The van der Waals surface area contributed by atoms with Crippen molar-refractivity contribution in [1.29, 1.82) is 0 Å². The molecule has 2 aromatic rings. The van der Waals surface area contributed by atoms with E-state index in [-0.39, 0.29) is 0 Å². The van der Waals surface area contributed by atoms with Gasteiger partial charge in [0, 0.05) is 11.1 Å². The third kappa shape index (κ3) is 3.52. The average Bonchev–Trinajstić information content (AvgIpc) is 2.56. The number of fused-ring (bicyclic) bond motifs is 1. The molecule has 120 valence electrons. The summed E-state index contributed by atoms with van der Waals surface area (Å²) in [6.07, 6.45) is 0.282. The van der Waals surface area contributed by atoms with E-state index in [1.165, 1.54) is 0 Å². The Labute approximate surface area is 145 Å². The minimum absolute atomic E-state index is 0.460. The molecule has 0 saturated carbocycles. The van der Waals surface area contributed by atoms with Gasteiger partial charge in [-0.25, -0.2) is 4.79 Å². The molecule has 1 aliphatic heterocycles. The van der Waals surface area contributed by atoms with Gasteiger partial charge in [0.1, 0.15) is 5.75 Å². The van der Waals surface area contributed by atoms with Crippen molar-refractivity contribution in [3.63, 3.8) is 0 Å². The molecule has 1 aliphatic rings. The molecule has 1 heterocycles. The molecular weight excluding hydrogens is 335 g/mol. The Bertz CT molecular complexity index is 708. The molecule has 0 amide bonds. The van der Waals surface area contributed by atoms with Gasteiger partial charge in [-0.15, -0.1) is 13.2 Å². The van der Waals surface area contributed by atoms with E-state index >= 15 is 0 Å². The highest BCUT2D eigenvalue weighted by Crippen LogP contribution is 2.43. The van der Waals surface area contributed by atoms with E-state index < -0.39 is 12.1 Å². The van der Waals surface area contributed by atoms with E-state index in [4.69, 9.17) is 33.0 Å². The van der Waals surface area contributed by atoms with Crippen LogP contribution in [-0.2, 0) is 11.2 Å². The van der Waals surface area contributed by atoms with Crippen molar-refractivity contribution < 1.29 is 14.6 Å². The number of carboxylic acids is 1. The van der Waals surface area contributed by atoms with Gasteiger partial charge in [0.25, 0.3) is 0 Å². The first-order valence-corrected chi connectivity index (χ1v) is 7.79. The summed E-state index contributed by atoms with van der Waals surface area (Å²) in [6.45, 7) is 6.00. The second kappa shape index (κ2) is 7.53. The van der Waals surface area contributed by atoms with Gasteiger partial charge < -0.3 is 9.84 Å². The van der Waals surface area contributed by atoms with Gasteiger partial charge in [-0.05, 0) is 30.5 Å². The van der Waals surface area contributed by atoms with Crippen molar-refractivity contribution in [2.24, 2.45) is 0 Å². The average molecular weight is 351 g/mol. The predicted molar refractivity (Wildman–Crippen MR) is 93.5 cm³/mol. The van der Waals surface area contributed by atoms with Crippen molar-refractivity contribution in [3.05, 3.63) is 65.2 Å². The maximum Gasteiger partial charge on any atom is 0.344 e. The number of rotatable bonds is 2. The number of halogens is 2. The summed E-state index contributed by atoms with van der Waals surface area (Å²) in [4.78, 5) is 11.2. The van der Waals surface area contributed by atoms with Crippen LogP contribution in [0.2, 0.25) is 10.0 Å². The maximum atomic E-state index is 11.2. The Balaban J connectivity index is 0.000000924. The molecule has 3 rings (SSSR count). The molecule has 0 radical (unpaired) electrons. The summed E-state index contributed by atoms with van der Waals surface area (Å²) in [5, 5.41) is 10.2. The highest BCUT2D eigenvalue weighted by Gasteiger charge is 2.28. The van der Waals surface area contributed by atoms with Gasteiger partial charge in [-0.2, -0.15) is 0 Å². The fourth-order valence-electron chi connectivity index (χ4n) is 2.53. The first-order chi connectivity index (χ1) is 11.1. The molecule has 23 heavy (non-hydrogen) atoms. The van der Waals surface area contributed by atoms with Gasteiger partial charge >= 0.3 is 5.97 Å². The van der Waals surface area contributed by atoms with E-state index in [0.29, 0.717) is 34.2 Å². The SMILES string of the molecule is C=C.O=C(O)C1CCc2cccc(-c3c(Cl)cccc3Cl)c2O1. The Morgan fingerprint density at radius 1 is 1.13 bits per heavy atom. The lowest BCUT2D eigenvalue weighted by molar-refractivity contribution is -0.145. The quantitative estimate of drug-likeness (QED) is 0.753. The van der Waals surface area contributed by atoms with Crippen LogP contribution in [0.1, 0.15) is 12.0 Å². The van der Waals surface area contributed by atoms with Crippen LogP contribution in [0, 0.1) is 0 Å². The number of hydrogen-bond donors (Lipinski definition) is 1. The summed E-state index contributed by atoms with van der Waals surface area (Å²) < 4.78 is 5.67. The molecule has 3 nitrogen and oxygen atoms in total. The van der Waals surface area contributed by atoms with Crippen LogP contribution >= 0.6 is 23.2 Å². The van der Waals surface area contributed by atoms with Crippen LogP contribution in [0.15, 0.2) is 49.6 Å². The zero-order valence-electron chi connectivity index (χ0n) is 12.4. The number of ether oxygens (including phenoxy) is 1. The Hall–Kier alpha value is -1.97. The monoisotopic (exact) mass is 350 g/mol. The van der Waals surface area contributed by atoms with E-state index in [9.17, 15) is 4.79 Å². The van der Waals surface area contributed by atoms with Crippen LogP contribution < -0.4 is 4.74 Å². The highest BCUT2D eigenvalue weighted by atomic mass is 35.5. The lowest BCUT2D eigenvalue weighted by atomic mass is 9.95. The molecule has 0 spiro atoms. The summed E-state index contributed by atoms with van der Waals surface area (Å²) in [5.74, 6) is -0.396. The number of carbonyl (C=O) groups is 1. The number of benzene rings is 2. The number of aliphatic carboxylic acids is 1. The number of hydrogen-bond acceptors (Lipinski definition) is 2. The third-order valence-electron chi connectivity index (χ3n) is 3.54. The normalized spacial score (nSPS) is 15.7. The Morgan fingerprint density at radius 3 is 2.35 bits per heavy atom. The lowest BCUT2D eigenvalue weighted by Gasteiger charge is -2.26. The smallest absolute Gasteiger partial charge is 0.344 e. The first-order valence-electron chi connectivity index (χ1n) is 7.03. The van der Waals surface area contributed by atoms with E-state index in [1.807, 2.05) is 18.2 Å². The molecule has 5 heteroatoms. The molecule has 1 N–H and O–H groups in total. The molecule has 1 atom stereocenters. The molecule has 0 aromatic heterocycles. The Kier molecular flexibility index (Phi) is 5.69. The highest BCUT2D eigenvalue weighted by molar-refractivity contribution is 6.39. The Morgan fingerprint density at radius 2 is 1.74 bits per heavy atom. The lowest BCUT2D eigenvalue weighted by Crippen LogP contribution is -2.31. The summed E-state index contributed by atoms with van der Waals surface area (Å²) in [6, 6.07) is 10.9. The predicted octanol–water partition coefficient (Wildman–Crippen LogP) is 5.24. The van der Waals surface area contributed by atoms with Crippen LogP contribution in [0.25, 0.3) is 11.1 Å². The van der Waals surface area contributed by atoms with Crippen molar-refractivity contribution in [2.75, 3.05) is 0 Å². The minimum atomic E-state index is -0.958. The summed E-state index contributed by atoms with van der Waals surface area (Å²) in [5.41, 5.74) is 2.37. The van der Waals surface area contributed by atoms with Crippen LogP contribution in [0.5, 0.6) is 5.75 Å². The number of aryl methyl sites for hydroxylation is 1. The topological polar surface area (TPSA) is 46.5 Å². The zero-order valence-corrected chi connectivity index (χ0v) is 13.9. The number of para-hydroxylation sites is 1. The summed E-state index contributed by atoms with van der Waals surface area (Å²) in [7, 11) is 0. The van der Waals surface area contributed by atoms with Gasteiger partial charge in [0.05, 0.1) is 10.0 Å². The van der Waals surface area contributed by atoms with Crippen LogP contribution in [0.4, 0.5) is 0 Å². The molecule has 1 unspecified atom stereocenters. The van der Waals surface area contributed by atoms with Crippen molar-refractivity contribution >= 4 is 29.2 Å². The van der Waals surface area contributed by atoms with Gasteiger partial charge in [0.2, 0.25) is 0 Å². The first kappa shape index (κ1) is 17.4. The molecular formula is C18H16Cl2O3.